The minimum atomic E-state index is 0.108. The van der Waals surface area contributed by atoms with Crippen LogP contribution in [0.4, 0.5) is 0 Å². The number of benzene rings is 1. The molecule has 0 aliphatic carbocycles. The van der Waals surface area contributed by atoms with Gasteiger partial charge < -0.3 is 14.6 Å². The molecule has 2 rings (SSSR count). The summed E-state index contributed by atoms with van der Waals surface area (Å²) in [5.74, 6) is 0.873. The zero-order valence-electron chi connectivity index (χ0n) is 12.0. The lowest BCUT2D eigenvalue weighted by Gasteiger charge is -2.19. The highest BCUT2D eigenvalue weighted by molar-refractivity contribution is 6.42. The monoisotopic (exact) mass is 328 g/mol. The molecule has 1 aromatic carbocycles. The Bertz CT molecular complexity index is 588. The van der Waals surface area contributed by atoms with E-state index in [4.69, 9.17) is 27.9 Å². The number of nitrogens with one attached hydrogen (secondary N) is 1. The smallest absolute Gasteiger partial charge is 0.146 e. The van der Waals surface area contributed by atoms with Gasteiger partial charge in [-0.15, -0.1) is 10.2 Å². The molecule has 1 N–H and O–H groups in total. The van der Waals surface area contributed by atoms with E-state index in [1.165, 1.54) is 0 Å². The molecule has 0 bridgehead atoms. The molecule has 0 saturated heterocycles. The average molecular weight is 329 g/mol. The zero-order chi connectivity index (χ0) is 15.2. The van der Waals surface area contributed by atoms with Crippen molar-refractivity contribution in [2.24, 2.45) is 7.05 Å². The Morgan fingerprint density at radius 2 is 2.14 bits per heavy atom. The lowest BCUT2D eigenvalue weighted by molar-refractivity contribution is 0.182. The second-order valence-corrected chi connectivity index (χ2v) is 5.56. The number of rotatable bonds is 7. The van der Waals surface area contributed by atoms with Crippen LogP contribution in [0.2, 0.25) is 10.0 Å². The second-order valence-electron chi connectivity index (χ2n) is 4.75. The molecule has 7 heteroatoms. The fourth-order valence-corrected chi connectivity index (χ4v) is 2.34. The van der Waals surface area contributed by atoms with Crippen molar-refractivity contribution in [1.29, 1.82) is 0 Å². The standard InChI is InChI=1S/C14H18Cl2N4O/c1-20-9-18-19-14(20)8-17-13(5-6-21-2)10-3-4-11(15)12(16)7-10/h3-4,7,9,13,17H,5-6,8H2,1-2H3/t13-/m0/s1. The number of hydrogen-bond acceptors (Lipinski definition) is 4. The number of ether oxygens (including phenoxy) is 1. The average Bonchev–Trinajstić information content (AvgIpc) is 2.88. The fraction of sp³-hybridized carbons (Fsp3) is 0.429. The van der Waals surface area contributed by atoms with Gasteiger partial charge in [0.1, 0.15) is 12.2 Å². The van der Waals surface area contributed by atoms with Gasteiger partial charge in [-0.05, 0) is 24.1 Å². The molecule has 0 unspecified atom stereocenters. The van der Waals surface area contributed by atoms with Gasteiger partial charge in [-0.2, -0.15) is 0 Å². The largest absolute Gasteiger partial charge is 0.385 e. The molecule has 21 heavy (non-hydrogen) atoms. The highest BCUT2D eigenvalue weighted by Gasteiger charge is 2.13. The van der Waals surface area contributed by atoms with Crippen LogP contribution >= 0.6 is 23.2 Å². The summed E-state index contributed by atoms with van der Waals surface area (Å²) < 4.78 is 7.06. The first-order valence-corrected chi connectivity index (χ1v) is 7.37. The van der Waals surface area contributed by atoms with Crippen LogP contribution in [0, 0.1) is 0 Å². The second kappa shape index (κ2) is 7.75. The Morgan fingerprint density at radius 1 is 1.33 bits per heavy atom. The van der Waals surface area contributed by atoms with Crippen molar-refractivity contribution in [2.45, 2.75) is 19.0 Å². The topological polar surface area (TPSA) is 52.0 Å². The van der Waals surface area contributed by atoms with Crippen LogP contribution < -0.4 is 5.32 Å². The zero-order valence-corrected chi connectivity index (χ0v) is 13.5. The quantitative estimate of drug-likeness (QED) is 0.848. The lowest BCUT2D eigenvalue weighted by atomic mass is 10.0. The third kappa shape index (κ3) is 4.41. The molecule has 0 radical (unpaired) electrons. The SMILES string of the molecule is COCC[C@H](NCc1nncn1C)c1ccc(Cl)c(Cl)c1. The van der Waals surface area contributed by atoms with E-state index in [1.54, 1.807) is 13.4 Å². The van der Waals surface area contributed by atoms with Gasteiger partial charge in [-0.3, -0.25) is 0 Å². The molecule has 0 spiro atoms. The van der Waals surface area contributed by atoms with Crippen LogP contribution in [0.1, 0.15) is 23.9 Å². The summed E-state index contributed by atoms with van der Waals surface area (Å²) in [6.45, 7) is 1.27. The van der Waals surface area contributed by atoms with E-state index in [-0.39, 0.29) is 6.04 Å². The van der Waals surface area contributed by atoms with Crippen molar-refractivity contribution in [2.75, 3.05) is 13.7 Å². The van der Waals surface area contributed by atoms with Gasteiger partial charge in [-0.25, -0.2) is 0 Å². The summed E-state index contributed by atoms with van der Waals surface area (Å²) in [5, 5.41) is 12.5. The summed E-state index contributed by atoms with van der Waals surface area (Å²) in [4.78, 5) is 0. The summed E-state index contributed by atoms with van der Waals surface area (Å²) in [6, 6.07) is 5.77. The molecule has 0 saturated carbocycles. The molecule has 5 nitrogen and oxygen atoms in total. The molecule has 2 aromatic rings. The molecular formula is C14H18Cl2N4O. The highest BCUT2D eigenvalue weighted by Crippen LogP contribution is 2.27. The number of methoxy groups -OCH3 is 1. The maximum atomic E-state index is 6.10. The summed E-state index contributed by atoms with van der Waals surface area (Å²) in [5.41, 5.74) is 1.07. The number of hydrogen-bond donors (Lipinski definition) is 1. The molecule has 0 amide bonds. The number of aromatic nitrogens is 3. The first-order valence-electron chi connectivity index (χ1n) is 6.62. The third-order valence-corrected chi connectivity index (χ3v) is 4.01. The molecule has 1 aromatic heterocycles. The Morgan fingerprint density at radius 3 is 2.76 bits per heavy atom. The molecule has 1 atom stereocenters. The molecule has 0 aliphatic rings. The maximum absolute atomic E-state index is 6.10. The van der Waals surface area contributed by atoms with Crippen molar-refractivity contribution >= 4 is 23.2 Å². The van der Waals surface area contributed by atoms with Gasteiger partial charge >= 0.3 is 0 Å². The Balaban J connectivity index is 2.09. The van der Waals surface area contributed by atoms with Crippen LogP contribution in [-0.4, -0.2) is 28.5 Å². The normalized spacial score (nSPS) is 12.6. The van der Waals surface area contributed by atoms with E-state index in [0.717, 1.165) is 17.8 Å². The van der Waals surface area contributed by atoms with Crippen LogP contribution in [0.25, 0.3) is 0 Å². The van der Waals surface area contributed by atoms with Gasteiger partial charge in [0.15, 0.2) is 0 Å². The first kappa shape index (κ1) is 16.2. The Kier molecular flexibility index (Phi) is 5.99. The van der Waals surface area contributed by atoms with Crippen molar-refractivity contribution in [1.82, 2.24) is 20.1 Å². The molecule has 114 valence electrons. The van der Waals surface area contributed by atoms with E-state index in [0.29, 0.717) is 23.2 Å². The van der Waals surface area contributed by atoms with Crippen molar-refractivity contribution in [3.05, 3.63) is 46.0 Å². The Labute approximate surface area is 134 Å². The van der Waals surface area contributed by atoms with Gasteiger partial charge in [0.25, 0.3) is 0 Å². The van der Waals surface area contributed by atoms with Crippen molar-refractivity contribution in [3.8, 4) is 0 Å². The van der Waals surface area contributed by atoms with E-state index >= 15 is 0 Å². The molecule has 0 fully saturated rings. The van der Waals surface area contributed by atoms with Gasteiger partial charge in [0.2, 0.25) is 0 Å². The molecule has 1 heterocycles. The van der Waals surface area contributed by atoms with Crippen molar-refractivity contribution < 1.29 is 4.74 Å². The summed E-state index contributed by atoms with van der Waals surface area (Å²) >= 11 is 12.1. The lowest BCUT2D eigenvalue weighted by Crippen LogP contribution is -2.23. The predicted octanol–water partition coefficient (Wildman–Crippen LogP) is 2.99. The Hall–Kier alpha value is -1.14. The van der Waals surface area contributed by atoms with Crippen LogP contribution in [0.5, 0.6) is 0 Å². The predicted molar refractivity (Wildman–Crippen MR) is 83.5 cm³/mol. The first-order chi connectivity index (χ1) is 10.1. The number of aryl methyl sites for hydroxylation is 1. The van der Waals surface area contributed by atoms with Crippen LogP contribution in [0.3, 0.4) is 0 Å². The number of halogens is 2. The van der Waals surface area contributed by atoms with Crippen LogP contribution in [-0.2, 0) is 18.3 Å². The summed E-state index contributed by atoms with van der Waals surface area (Å²) in [7, 11) is 3.61. The highest BCUT2D eigenvalue weighted by atomic mass is 35.5. The number of nitrogens with zero attached hydrogens (tertiary/aromatic N) is 3. The minimum absolute atomic E-state index is 0.108. The summed E-state index contributed by atoms with van der Waals surface area (Å²) in [6.07, 6.45) is 2.51. The van der Waals surface area contributed by atoms with E-state index in [2.05, 4.69) is 15.5 Å². The van der Waals surface area contributed by atoms with Gasteiger partial charge in [-0.1, -0.05) is 29.3 Å². The van der Waals surface area contributed by atoms with E-state index in [1.807, 2.05) is 29.8 Å². The van der Waals surface area contributed by atoms with Crippen LogP contribution in [0.15, 0.2) is 24.5 Å². The minimum Gasteiger partial charge on any atom is -0.385 e. The van der Waals surface area contributed by atoms with Gasteiger partial charge in [0, 0.05) is 26.8 Å². The van der Waals surface area contributed by atoms with Crippen molar-refractivity contribution in [3.63, 3.8) is 0 Å². The maximum Gasteiger partial charge on any atom is 0.146 e. The fourth-order valence-electron chi connectivity index (χ4n) is 2.03. The van der Waals surface area contributed by atoms with Gasteiger partial charge in [0.05, 0.1) is 16.6 Å². The third-order valence-electron chi connectivity index (χ3n) is 3.27. The molecular weight excluding hydrogens is 311 g/mol. The van der Waals surface area contributed by atoms with E-state index < -0.39 is 0 Å². The molecule has 0 aliphatic heterocycles. The van der Waals surface area contributed by atoms with E-state index in [9.17, 15) is 0 Å².